The smallest absolute Gasteiger partial charge is 0.303 e. The number of aliphatic hydroxyl groups excluding tert-OH is 1. The number of aliphatic hydroxyl groups is 1. The zero-order chi connectivity index (χ0) is 21.1. The van der Waals surface area contributed by atoms with Crippen LogP contribution in [0.4, 0.5) is 0 Å². The molecule has 150 valence electrons. The number of nitrogens with zero attached hydrogens (tertiary/aromatic N) is 1. The fourth-order valence-corrected chi connectivity index (χ4v) is 3.63. The summed E-state index contributed by atoms with van der Waals surface area (Å²) in [6, 6.07) is 13.4. The maximum Gasteiger partial charge on any atom is 0.303 e. The second kappa shape index (κ2) is 8.61. The summed E-state index contributed by atoms with van der Waals surface area (Å²) in [6.45, 7) is 2.01. The van der Waals surface area contributed by atoms with E-state index in [1.807, 2.05) is 19.1 Å². The first-order valence-corrected chi connectivity index (χ1v) is 9.91. The zero-order valence-corrected chi connectivity index (χ0v) is 17.3. The number of Topliss-reactive ketones (excluding diaryl/α,β-unsaturated/α-hetero) is 1. The van der Waals surface area contributed by atoms with Crippen LogP contribution in [0.5, 0.6) is 0 Å². The van der Waals surface area contributed by atoms with Gasteiger partial charge in [0.1, 0.15) is 5.76 Å². The number of carbonyl (C=O) groups excluding carboxylic acids is 2. The van der Waals surface area contributed by atoms with Gasteiger partial charge in [-0.3, -0.25) is 14.4 Å². The summed E-state index contributed by atoms with van der Waals surface area (Å²) in [5, 5.41) is 19.8. The Bertz CT molecular complexity index is 979. The molecule has 2 aromatic carbocycles. The third kappa shape index (κ3) is 4.40. The third-order valence-corrected chi connectivity index (χ3v) is 5.37. The number of ketones is 1. The molecule has 1 aliphatic rings. The van der Waals surface area contributed by atoms with Crippen molar-refractivity contribution >= 4 is 39.3 Å². The molecule has 2 aromatic rings. The Morgan fingerprint density at radius 3 is 2.24 bits per heavy atom. The number of likely N-dealkylation sites (tertiary alicyclic amines) is 1. The maximum absolute atomic E-state index is 12.8. The fraction of sp³-hybridized carbons (Fsp3) is 0.227. The van der Waals surface area contributed by atoms with Crippen LogP contribution in [0.1, 0.15) is 35.6 Å². The molecule has 0 aliphatic carbocycles. The van der Waals surface area contributed by atoms with Gasteiger partial charge in [0.25, 0.3) is 11.7 Å². The highest BCUT2D eigenvalue weighted by atomic mass is 79.9. The zero-order valence-electron chi connectivity index (χ0n) is 15.8. The van der Waals surface area contributed by atoms with Crippen molar-refractivity contribution in [3.8, 4) is 0 Å². The molecule has 0 saturated carbocycles. The highest BCUT2D eigenvalue weighted by Crippen LogP contribution is 2.39. The summed E-state index contributed by atoms with van der Waals surface area (Å²) in [7, 11) is 0. The van der Waals surface area contributed by atoms with Gasteiger partial charge in [0, 0.05) is 23.0 Å². The number of hydrogen-bond donors (Lipinski definition) is 2. The molecular formula is C22H20BrNO5. The summed E-state index contributed by atoms with van der Waals surface area (Å²) >= 11 is 3.36. The second-order valence-corrected chi connectivity index (χ2v) is 7.82. The Labute approximate surface area is 176 Å². The van der Waals surface area contributed by atoms with Crippen LogP contribution in [0.2, 0.25) is 0 Å². The number of aryl methyl sites for hydroxylation is 1. The van der Waals surface area contributed by atoms with E-state index >= 15 is 0 Å². The minimum Gasteiger partial charge on any atom is -0.507 e. The van der Waals surface area contributed by atoms with Gasteiger partial charge in [-0.1, -0.05) is 57.9 Å². The summed E-state index contributed by atoms with van der Waals surface area (Å²) in [5.41, 5.74) is 2.12. The lowest BCUT2D eigenvalue weighted by Crippen LogP contribution is -2.31. The minimum atomic E-state index is -0.971. The van der Waals surface area contributed by atoms with Gasteiger partial charge in [-0.05, 0) is 31.0 Å². The first-order chi connectivity index (χ1) is 13.8. The Kier molecular flexibility index (Phi) is 6.17. The monoisotopic (exact) mass is 457 g/mol. The standard InChI is InChI=1S/C22H20BrNO5/c1-13-4-6-15(7-5-13)20(27)18-19(14-8-10-16(23)11-9-14)24(22(29)21(18)28)12-2-3-17(25)26/h4-11,19,27H,2-3,12H2,1H3,(H,25,26). The van der Waals surface area contributed by atoms with E-state index in [0.29, 0.717) is 11.1 Å². The van der Waals surface area contributed by atoms with Crippen molar-refractivity contribution in [3.63, 3.8) is 0 Å². The van der Waals surface area contributed by atoms with E-state index in [9.17, 15) is 19.5 Å². The lowest BCUT2D eigenvalue weighted by molar-refractivity contribution is -0.140. The van der Waals surface area contributed by atoms with Crippen LogP contribution in [0.3, 0.4) is 0 Å². The highest BCUT2D eigenvalue weighted by Gasteiger charge is 2.45. The van der Waals surface area contributed by atoms with Gasteiger partial charge in [-0.15, -0.1) is 0 Å². The molecule has 0 radical (unpaired) electrons. The lowest BCUT2D eigenvalue weighted by Gasteiger charge is -2.25. The summed E-state index contributed by atoms with van der Waals surface area (Å²) in [5.74, 6) is -2.72. The van der Waals surface area contributed by atoms with E-state index in [1.54, 1.807) is 36.4 Å². The van der Waals surface area contributed by atoms with Crippen LogP contribution < -0.4 is 0 Å². The predicted octanol–water partition coefficient (Wildman–Crippen LogP) is 4.04. The number of aliphatic carboxylic acids is 1. The van der Waals surface area contributed by atoms with Gasteiger partial charge in [0.15, 0.2) is 0 Å². The normalized spacial score (nSPS) is 18.3. The second-order valence-electron chi connectivity index (χ2n) is 6.91. The number of hydrogen-bond acceptors (Lipinski definition) is 4. The molecule has 1 unspecified atom stereocenters. The summed E-state index contributed by atoms with van der Waals surface area (Å²) in [6.07, 6.45) is 0.0912. The van der Waals surface area contributed by atoms with Crippen molar-refractivity contribution in [1.29, 1.82) is 0 Å². The van der Waals surface area contributed by atoms with E-state index in [1.165, 1.54) is 4.90 Å². The first kappa shape index (κ1) is 20.8. The van der Waals surface area contributed by atoms with Crippen LogP contribution in [0, 0.1) is 6.92 Å². The molecule has 0 spiro atoms. The van der Waals surface area contributed by atoms with Crippen LogP contribution in [-0.2, 0) is 14.4 Å². The van der Waals surface area contributed by atoms with Crippen molar-refractivity contribution in [1.82, 2.24) is 4.90 Å². The number of carbonyl (C=O) groups is 3. The van der Waals surface area contributed by atoms with E-state index in [4.69, 9.17) is 5.11 Å². The Morgan fingerprint density at radius 1 is 1.03 bits per heavy atom. The highest BCUT2D eigenvalue weighted by molar-refractivity contribution is 9.10. The van der Waals surface area contributed by atoms with Gasteiger partial charge in [0.05, 0.1) is 11.6 Å². The molecule has 3 rings (SSSR count). The molecule has 1 heterocycles. The average Bonchev–Trinajstić information content (AvgIpc) is 2.93. The number of amides is 1. The summed E-state index contributed by atoms with van der Waals surface area (Å²) in [4.78, 5) is 37.7. The van der Waals surface area contributed by atoms with E-state index in [-0.39, 0.29) is 30.7 Å². The predicted molar refractivity (Wildman–Crippen MR) is 111 cm³/mol. The average molecular weight is 458 g/mol. The largest absolute Gasteiger partial charge is 0.507 e. The van der Waals surface area contributed by atoms with Gasteiger partial charge in [0.2, 0.25) is 0 Å². The van der Waals surface area contributed by atoms with E-state index in [2.05, 4.69) is 15.9 Å². The number of carboxylic acid groups (broad SMARTS) is 1. The number of carboxylic acids is 1. The molecule has 1 aliphatic heterocycles. The van der Waals surface area contributed by atoms with Gasteiger partial charge >= 0.3 is 5.97 Å². The van der Waals surface area contributed by atoms with Crippen LogP contribution >= 0.6 is 15.9 Å². The van der Waals surface area contributed by atoms with Crippen molar-refractivity contribution < 1.29 is 24.6 Å². The quantitative estimate of drug-likeness (QED) is 0.387. The Hall–Kier alpha value is -2.93. The molecule has 1 saturated heterocycles. The Morgan fingerprint density at radius 2 is 1.66 bits per heavy atom. The van der Waals surface area contributed by atoms with Crippen LogP contribution in [-0.4, -0.2) is 39.3 Å². The first-order valence-electron chi connectivity index (χ1n) is 9.12. The molecule has 0 bridgehead atoms. The van der Waals surface area contributed by atoms with Crippen molar-refractivity contribution in [3.05, 3.63) is 75.3 Å². The van der Waals surface area contributed by atoms with Crippen molar-refractivity contribution in [2.45, 2.75) is 25.8 Å². The third-order valence-electron chi connectivity index (χ3n) is 4.84. The molecule has 1 fully saturated rings. The fourth-order valence-electron chi connectivity index (χ4n) is 3.37. The van der Waals surface area contributed by atoms with Gasteiger partial charge < -0.3 is 15.1 Å². The van der Waals surface area contributed by atoms with Gasteiger partial charge in [-0.25, -0.2) is 0 Å². The molecule has 7 heteroatoms. The van der Waals surface area contributed by atoms with E-state index < -0.39 is 23.7 Å². The molecule has 29 heavy (non-hydrogen) atoms. The van der Waals surface area contributed by atoms with Gasteiger partial charge in [-0.2, -0.15) is 0 Å². The number of rotatable bonds is 6. The molecule has 2 N–H and O–H groups in total. The van der Waals surface area contributed by atoms with E-state index in [0.717, 1.165) is 10.0 Å². The van der Waals surface area contributed by atoms with Crippen molar-refractivity contribution in [2.24, 2.45) is 0 Å². The topological polar surface area (TPSA) is 94.9 Å². The number of halogens is 1. The van der Waals surface area contributed by atoms with Crippen LogP contribution in [0.25, 0.3) is 5.76 Å². The molecular weight excluding hydrogens is 438 g/mol. The van der Waals surface area contributed by atoms with Crippen LogP contribution in [0.15, 0.2) is 58.6 Å². The maximum atomic E-state index is 12.8. The Balaban J connectivity index is 2.08. The molecule has 1 amide bonds. The minimum absolute atomic E-state index is 0.0106. The molecule has 0 aromatic heterocycles. The SMILES string of the molecule is Cc1ccc(C(O)=C2C(=O)C(=O)N(CCCC(=O)O)C2c2ccc(Br)cc2)cc1. The van der Waals surface area contributed by atoms with Crippen molar-refractivity contribution in [2.75, 3.05) is 6.54 Å². The number of benzene rings is 2. The lowest BCUT2D eigenvalue weighted by atomic mass is 9.95. The molecule has 1 atom stereocenters. The summed E-state index contributed by atoms with van der Waals surface area (Å²) < 4.78 is 0.836. The molecule has 6 nitrogen and oxygen atoms in total.